The van der Waals surface area contributed by atoms with Crippen LogP contribution in [-0.2, 0) is 58.7 Å². The third-order valence-electron chi connectivity index (χ3n) is 24.2. The topological polar surface area (TPSA) is 260 Å². The first-order valence-corrected chi connectivity index (χ1v) is 34.5. The van der Waals surface area contributed by atoms with Gasteiger partial charge in [-0.1, -0.05) is 94.2 Å². The second kappa shape index (κ2) is 21.3. The van der Waals surface area contributed by atoms with Gasteiger partial charge in [-0.2, -0.15) is 25.4 Å². The quantitative estimate of drug-likeness (QED) is 0.0886. The number of rotatable bonds is 18. The van der Waals surface area contributed by atoms with Crippen LogP contribution >= 0.6 is 0 Å². The van der Waals surface area contributed by atoms with Crippen molar-refractivity contribution >= 4 is 61.6 Å². The zero-order valence-electron chi connectivity index (χ0n) is 53.4. The fraction of sp³-hybridized carbons (Fsp3) is 0.828. The van der Waals surface area contributed by atoms with Crippen molar-refractivity contribution in [1.29, 1.82) is 0 Å². The SMILES string of the molecule is C=C[C@@H]1C[C@]1(CC(=O)[C@@H]1C[C@@]2(CN1C(=O)[C@@H](CC(=O)OC(C)(C)C)C(C)(C)C)C(C)(C)C21CCC1)C(=O)NS(=O)(=O)N1CCCC1.C=C[C@@H]1C[C@]1(CC(=O)[C@@H]1C[C@@]2(CN1C(=O)[C@@H](N)C(C)(C)C)C(C)(C)C21CCC1)C(=O)NS(=O)(=O)N1CCCC1. The molecule has 4 saturated heterocycles. The fourth-order valence-corrected chi connectivity index (χ4v) is 20.6. The maximum Gasteiger partial charge on any atom is 0.307 e. The fourth-order valence-electron chi connectivity index (χ4n) is 18.0. The van der Waals surface area contributed by atoms with Crippen LogP contribution in [0.5, 0.6) is 0 Å². The normalized spacial score (nSPS) is 33.7. The van der Waals surface area contributed by atoms with E-state index >= 15 is 0 Å². The molecule has 21 heteroatoms. The van der Waals surface area contributed by atoms with Crippen molar-refractivity contribution in [2.75, 3.05) is 39.3 Å². The average Bonchev–Trinajstić information content (AvgIpc) is 1.46. The van der Waals surface area contributed by atoms with Crippen molar-refractivity contribution in [3.63, 3.8) is 0 Å². The van der Waals surface area contributed by atoms with Gasteiger partial charge in [0, 0.05) is 62.9 Å². The van der Waals surface area contributed by atoms with Crippen LogP contribution in [0, 0.1) is 71.9 Å². The van der Waals surface area contributed by atoms with E-state index in [1.54, 1.807) is 42.7 Å². The van der Waals surface area contributed by atoms with E-state index in [2.05, 4.69) is 50.3 Å². The van der Waals surface area contributed by atoms with Crippen LogP contribution in [0.3, 0.4) is 0 Å². The Balaban J connectivity index is 0.000000206. The smallest absolute Gasteiger partial charge is 0.307 e. The Hall–Kier alpha value is -4.05. The number of amides is 4. The highest BCUT2D eigenvalue weighted by Crippen LogP contribution is 2.89. The Bertz CT molecular complexity index is 3010. The Morgan fingerprint density at radius 1 is 0.565 bits per heavy atom. The van der Waals surface area contributed by atoms with E-state index in [4.69, 9.17) is 10.5 Å². The van der Waals surface area contributed by atoms with Gasteiger partial charge < -0.3 is 20.3 Å². The molecule has 4 spiro atoms. The van der Waals surface area contributed by atoms with Crippen LogP contribution in [0.1, 0.15) is 199 Å². The molecule has 4 N–H and O–H groups in total. The summed E-state index contributed by atoms with van der Waals surface area (Å²) >= 11 is 0. The summed E-state index contributed by atoms with van der Waals surface area (Å²) in [5.74, 6) is -4.00. The molecule has 476 valence electrons. The van der Waals surface area contributed by atoms with Gasteiger partial charge in [-0.05, 0) is 142 Å². The Labute approximate surface area is 507 Å². The largest absolute Gasteiger partial charge is 0.460 e. The number of hydrogen-bond acceptors (Lipinski definition) is 13. The second-order valence-corrected chi connectivity index (χ2v) is 35.3. The number of ether oxygens (including phenoxy) is 1. The average molecular weight is 1220 g/mol. The van der Waals surface area contributed by atoms with Crippen molar-refractivity contribution in [3.8, 4) is 0 Å². The van der Waals surface area contributed by atoms with E-state index in [0.717, 1.165) is 64.2 Å². The molecule has 0 bridgehead atoms. The Morgan fingerprint density at radius 2 is 0.929 bits per heavy atom. The van der Waals surface area contributed by atoms with E-state index in [-0.39, 0.29) is 87.0 Å². The van der Waals surface area contributed by atoms with Crippen molar-refractivity contribution in [3.05, 3.63) is 25.3 Å². The minimum atomic E-state index is -4.02. The van der Waals surface area contributed by atoms with Gasteiger partial charge in [0.1, 0.15) is 5.60 Å². The number of nitrogens with two attached hydrogens (primary N) is 1. The molecule has 0 aromatic heterocycles. The predicted octanol–water partition coefficient (Wildman–Crippen LogP) is 7.55. The third kappa shape index (κ3) is 10.5. The molecule has 19 nitrogen and oxygen atoms in total. The van der Waals surface area contributed by atoms with Crippen LogP contribution in [-0.4, -0.2) is 139 Å². The molecule has 6 saturated carbocycles. The molecule has 4 amide bonds. The van der Waals surface area contributed by atoms with Crippen molar-refractivity contribution in [1.82, 2.24) is 27.9 Å². The number of carbonyl (C=O) groups is 7. The van der Waals surface area contributed by atoms with Crippen LogP contribution in [0.4, 0.5) is 0 Å². The monoisotopic (exact) mass is 1220 g/mol. The number of likely N-dealkylation sites (tertiary alicyclic amines) is 2. The van der Waals surface area contributed by atoms with Gasteiger partial charge >= 0.3 is 26.4 Å². The number of allylic oxidation sites excluding steroid dienone is 2. The number of Topliss-reactive ketones (excluding diaryl/α,β-unsaturated/α-hetero) is 2. The van der Waals surface area contributed by atoms with Gasteiger partial charge in [-0.3, -0.25) is 33.6 Å². The molecular weight excluding hydrogens is 1120 g/mol. The van der Waals surface area contributed by atoms with E-state index in [1.807, 2.05) is 41.5 Å². The second-order valence-electron chi connectivity index (χ2n) is 32.0. The van der Waals surface area contributed by atoms with E-state index in [9.17, 15) is 50.4 Å². The molecule has 4 heterocycles. The molecule has 0 aromatic rings. The van der Waals surface area contributed by atoms with E-state index in [1.165, 1.54) is 8.61 Å². The summed E-state index contributed by atoms with van der Waals surface area (Å²) in [6.45, 7) is 36.0. The van der Waals surface area contributed by atoms with Gasteiger partial charge in [-0.25, -0.2) is 9.44 Å². The molecule has 10 aliphatic rings. The maximum absolute atomic E-state index is 14.6. The molecule has 10 fully saturated rings. The number of nitrogens with zero attached hydrogens (tertiary/aromatic N) is 4. The Kier molecular flexibility index (Phi) is 16.4. The molecular formula is C64H101N7O12S2. The highest BCUT2D eigenvalue weighted by Gasteiger charge is 2.86. The minimum absolute atomic E-state index is 0.0136. The first-order valence-electron chi connectivity index (χ1n) is 31.6. The lowest BCUT2D eigenvalue weighted by Gasteiger charge is -2.36. The summed E-state index contributed by atoms with van der Waals surface area (Å²) in [4.78, 5) is 101. The summed E-state index contributed by atoms with van der Waals surface area (Å²) in [6, 6.07) is -2.19. The van der Waals surface area contributed by atoms with E-state index < -0.39 is 89.5 Å². The minimum Gasteiger partial charge on any atom is -0.460 e. The van der Waals surface area contributed by atoms with Gasteiger partial charge in [0.25, 0.3) is 0 Å². The molecule has 4 aliphatic heterocycles. The van der Waals surface area contributed by atoms with Crippen molar-refractivity contribution in [2.45, 2.75) is 223 Å². The zero-order valence-corrected chi connectivity index (χ0v) is 55.0. The molecule has 10 rings (SSSR count). The zero-order chi connectivity index (χ0) is 63.1. The summed E-state index contributed by atoms with van der Waals surface area (Å²) in [5.41, 5.74) is 2.11. The number of fused-ring (bicyclic) bond motifs is 2. The molecule has 10 atom stereocenters. The van der Waals surface area contributed by atoms with Crippen LogP contribution in [0.2, 0.25) is 0 Å². The number of ketones is 2. The first kappa shape index (κ1) is 65.4. The summed E-state index contributed by atoms with van der Waals surface area (Å²) in [6.07, 6.45) is 14.3. The number of nitrogens with one attached hydrogen (secondary N) is 2. The Morgan fingerprint density at radius 3 is 1.21 bits per heavy atom. The van der Waals surface area contributed by atoms with Gasteiger partial charge in [0.05, 0.1) is 41.3 Å². The lowest BCUT2D eigenvalue weighted by molar-refractivity contribution is -0.161. The molecule has 6 aliphatic carbocycles. The number of carbonyl (C=O) groups excluding carboxylic acids is 7. The first-order chi connectivity index (χ1) is 39.1. The summed E-state index contributed by atoms with van der Waals surface area (Å²) in [5, 5.41) is 0. The van der Waals surface area contributed by atoms with Crippen LogP contribution in [0.25, 0.3) is 0 Å². The summed E-state index contributed by atoms with van der Waals surface area (Å²) < 4.78 is 64.4. The molecule has 0 aromatic carbocycles. The maximum atomic E-state index is 14.6. The van der Waals surface area contributed by atoms with Crippen molar-refractivity contribution < 1.29 is 55.1 Å². The van der Waals surface area contributed by atoms with Gasteiger partial charge in [-0.15, -0.1) is 13.2 Å². The standard InChI is InChI=1S/C35H55N3O7S.C29H46N4O5S/c1-10-23-19-33(23,29(42)36-46(43,44)37-16-11-12-17-37)21-26(39)25-20-35(32(8,9)34(35)14-13-15-34)22-38(25)28(41)24(30(2,3)4)18-27(40)45-31(5,6)7;1-7-19-15-27(19,24(36)31-39(37,38)32-13-8-9-14-32)17-21(34)20-16-29(26(5,6)28(29)11-10-12-28)18-33(20)23(35)22(30)25(2,3)4/h10,23-25H,1,11-22H2,2-9H3,(H,36,42);7,19-20,22H,1,8-18,30H2,2-6H3,(H,31,36)/t23-,24-,25+,33-,35-;19-,20+,22-,27-,29-/m11/s1. The number of hydrogen-bond donors (Lipinski definition) is 3. The van der Waals surface area contributed by atoms with Gasteiger partial charge in [0.15, 0.2) is 11.6 Å². The van der Waals surface area contributed by atoms with Crippen molar-refractivity contribution in [2.24, 2.45) is 77.6 Å². The highest BCUT2D eigenvalue weighted by molar-refractivity contribution is 7.88. The van der Waals surface area contributed by atoms with Crippen LogP contribution in [0.15, 0.2) is 25.3 Å². The third-order valence-corrected chi connectivity index (χ3v) is 27.2. The highest BCUT2D eigenvalue weighted by atomic mass is 32.2. The van der Waals surface area contributed by atoms with Gasteiger partial charge in [0.2, 0.25) is 23.6 Å². The van der Waals surface area contributed by atoms with Crippen LogP contribution < -0.4 is 15.2 Å². The lowest BCUT2D eigenvalue weighted by Crippen LogP contribution is -2.54. The summed E-state index contributed by atoms with van der Waals surface area (Å²) in [7, 11) is -7.99. The van der Waals surface area contributed by atoms with E-state index in [0.29, 0.717) is 65.0 Å². The molecule has 0 radical (unpaired) electrons. The number of esters is 1. The molecule has 0 unspecified atom stereocenters. The predicted molar refractivity (Wildman–Crippen MR) is 323 cm³/mol. The lowest BCUT2D eigenvalue weighted by atomic mass is 9.73. The molecule has 85 heavy (non-hydrogen) atoms.